The Labute approximate surface area is 298 Å². The highest BCUT2D eigenvalue weighted by molar-refractivity contribution is 5.89. The normalized spacial score (nSPS) is 15.2. The van der Waals surface area contributed by atoms with Crippen LogP contribution in [0.3, 0.4) is 0 Å². The monoisotopic (exact) mass is 705 g/mol. The first kappa shape index (κ1) is 38.4. The fourth-order valence-electron chi connectivity index (χ4n) is 6.29. The lowest BCUT2D eigenvalue weighted by Gasteiger charge is -2.37. The minimum absolute atomic E-state index is 0.239. The van der Waals surface area contributed by atoms with Crippen molar-refractivity contribution in [3.63, 3.8) is 0 Å². The third-order valence-corrected chi connectivity index (χ3v) is 8.84. The number of hydrogen-bond donors (Lipinski definition) is 1. The van der Waals surface area contributed by atoms with E-state index in [9.17, 15) is 14.4 Å². The van der Waals surface area contributed by atoms with E-state index in [4.69, 9.17) is 38.3 Å². The lowest BCUT2D eigenvalue weighted by molar-refractivity contribution is -0.162. The summed E-state index contributed by atoms with van der Waals surface area (Å²) >= 11 is 0. The van der Waals surface area contributed by atoms with Crippen molar-refractivity contribution in [2.75, 3.05) is 48.7 Å². The fraction of sp³-hybridized carbons (Fsp3) is 0.410. The number of allylic oxidation sites excluding steroid dienone is 1. The number of carbonyl (C=O) groups excluding carboxylic acids is 2. The number of ether oxygens (including phenoxy) is 7. The van der Waals surface area contributed by atoms with E-state index in [1.54, 1.807) is 61.6 Å². The van der Waals surface area contributed by atoms with E-state index in [1.165, 1.54) is 21.3 Å². The molecule has 51 heavy (non-hydrogen) atoms. The zero-order chi connectivity index (χ0) is 36.9. The van der Waals surface area contributed by atoms with Gasteiger partial charge in [0.15, 0.2) is 29.6 Å². The van der Waals surface area contributed by atoms with Gasteiger partial charge >= 0.3 is 11.9 Å². The number of amides is 1. The number of likely N-dealkylation sites (tertiary alicyclic amines) is 1. The Kier molecular flexibility index (Phi) is 14.0. The number of aryl methyl sites for hydroxylation is 1. The molecular formula is C39H47NO11. The minimum atomic E-state index is -1.11. The SMILES string of the molecule is C=CC[C@H](C(=O)N1CCCC[C@H]1C(=O)O[C@H](CCc1ccc(OC)c(OC)c1)c1cccc(OCC(=O)O)c1)c1cc(OC)c(OC)c(OC)c1. The smallest absolute Gasteiger partial charge is 0.341 e. The van der Waals surface area contributed by atoms with Crippen molar-refractivity contribution in [2.45, 2.75) is 56.6 Å². The van der Waals surface area contributed by atoms with Crippen LogP contribution < -0.4 is 28.4 Å². The Morgan fingerprint density at radius 3 is 2.20 bits per heavy atom. The average molecular weight is 706 g/mol. The summed E-state index contributed by atoms with van der Waals surface area (Å²) in [5, 5.41) is 9.13. The molecule has 4 rings (SSSR count). The number of carboxylic acid groups (broad SMARTS) is 1. The summed E-state index contributed by atoms with van der Waals surface area (Å²) in [5.74, 6) is 0.176. The Hall–Kier alpha value is -5.39. The van der Waals surface area contributed by atoms with Crippen LogP contribution >= 0.6 is 0 Å². The van der Waals surface area contributed by atoms with E-state index in [0.717, 1.165) is 18.4 Å². The van der Waals surface area contributed by atoms with Gasteiger partial charge in [0.1, 0.15) is 17.9 Å². The van der Waals surface area contributed by atoms with Gasteiger partial charge in [-0.1, -0.05) is 24.3 Å². The number of nitrogens with zero attached hydrogens (tertiary/aromatic N) is 1. The third kappa shape index (κ3) is 9.65. The Bertz CT molecular complexity index is 1650. The molecule has 12 heteroatoms. The van der Waals surface area contributed by atoms with E-state index in [0.29, 0.717) is 77.9 Å². The lowest BCUT2D eigenvalue weighted by Crippen LogP contribution is -2.50. The Morgan fingerprint density at radius 1 is 0.863 bits per heavy atom. The molecular weight excluding hydrogens is 658 g/mol. The van der Waals surface area contributed by atoms with Crippen LogP contribution in [0.1, 0.15) is 60.8 Å². The number of piperidine rings is 1. The van der Waals surface area contributed by atoms with E-state index in [1.807, 2.05) is 18.2 Å². The number of carboxylic acids is 1. The maximum absolute atomic E-state index is 14.4. The first-order chi connectivity index (χ1) is 24.7. The van der Waals surface area contributed by atoms with Crippen molar-refractivity contribution < 1.29 is 52.6 Å². The summed E-state index contributed by atoms with van der Waals surface area (Å²) in [5.41, 5.74) is 2.19. The molecule has 0 bridgehead atoms. The van der Waals surface area contributed by atoms with Gasteiger partial charge in [0.2, 0.25) is 11.7 Å². The standard InChI is InChI=1S/C39H47NO11/c1-7-11-29(27-22-34(47-4)37(49-6)35(23-27)48-5)38(43)40-19-9-8-14-30(40)39(44)51-31(26-12-10-13-28(21-26)50-24-36(41)42)17-15-25-16-18-32(45-2)33(20-25)46-3/h7,10,12-13,16,18,20-23,29-31H,1,8-9,11,14-15,17,19,24H2,2-6H3,(H,41,42)/t29-,30-,31+/m0/s1. The molecule has 3 aromatic carbocycles. The molecule has 1 heterocycles. The molecule has 1 aliphatic heterocycles. The van der Waals surface area contributed by atoms with Gasteiger partial charge in [0, 0.05) is 6.54 Å². The van der Waals surface area contributed by atoms with Crippen LogP contribution in [-0.2, 0) is 25.5 Å². The molecule has 1 aliphatic rings. The van der Waals surface area contributed by atoms with Gasteiger partial charge in [-0.25, -0.2) is 9.59 Å². The zero-order valence-electron chi connectivity index (χ0n) is 29.8. The molecule has 12 nitrogen and oxygen atoms in total. The van der Waals surface area contributed by atoms with Crippen molar-refractivity contribution >= 4 is 17.8 Å². The predicted octanol–water partition coefficient (Wildman–Crippen LogP) is 6.15. The lowest BCUT2D eigenvalue weighted by atomic mass is 9.91. The largest absolute Gasteiger partial charge is 0.493 e. The first-order valence-corrected chi connectivity index (χ1v) is 16.7. The predicted molar refractivity (Wildman–Crippen MR) is 189 cm³/mol. The van der Waals surface area contributed by atoms with Crippen LogP contribution in [0, 0.1) is 0 Å². The van der Waals surface area contributed by atoms with E-state index < -0.39 is 36.6 Å². The highest BCUT2D eigenvalue weighted by atomic mass is 16.5. The van der Waals surface area contributed by atoms with Gasteiger partial charge in [-0.05, 0) is 91.6 Å². The molecule has 3 atom stereocenters. The van der Waals surface area contributed by atoms with Crippen LogP contribution in [0.4, 0.5) is 0 Å². The first-order valence-electron chi connectivity index (χ1n) is 16.7. The van der Waals surface area contributed by atoms with Crippen molar-refractivity contribution in [3.8, 4) is 34.5 Å². The molecule has 274 valence electrons. The number of aliphatic carboxylic acids is 1. The second-order valence-corrected chi connectivity index (χ2v) is 12.0. The maximum Gasteiger partial charge on any atom is 0.341 e. The van der Waals surface area contributed by atoms with Crippen molar-refractivity contribution in [2.24, 2.45) is 0 Å². The van der Waals surface area contributed by atoms with Gasteiger partial charge in [0.25, 0.3) is 0 Å². The molecule has 0 radical (unpaired) electrons. The van der Waals surface area contributed by atoms with Crippen LogP contribution in [0.5, 0.6) is 34.5 Å². The molecule has 0 saturated carbocycles. The summed E-state index contributed by atoms with van der Waals surface area (Å²) in [6.45, 7) is 3.75. The van der Waals surface area contributed by atoms with E-state index in [-0.39, 0.29) is 5.91 Å². The maximum atomic E-state index is 14.4. The molecule has 0 aliphatic carbocycles. The zero-order valence-corrected chi connectivity index (χ0v) is 29.8. The van der Waals surface area contributed by atoms with Gasteiger partial charge in [-0.2, -0.15) is 0 Å². The van der Waals surface area contributed by atoms with Gasteiger partial charge in [-0.3, -0.25) is 4.79 Å². The summed E-state index contributed by atoms with van der Waals surface area (Å²) < 4.78 is 39.1. The van der Waals surface area contributed by atoms with Gasteiger partial charge in [0.05, 0.1) is 41.5 Å². The second kappa shape index (κ2) is 18.6. The van der Waals surface area contributed by atoms with Crippen LogP contribution in [0.2, 0.25) is 0 Å². The number of methoxy groups -OCH3 is 5. The summed E-state index contributed by atoms with van der Waals surface area (Å²) in [6, 6.07) is 15.1. The van der Waals surface area contributed by atoms with E-state index in [2.05, 4.69) is 6.58 Å². The van der Waals surface area contributed by atoms with Crippen LogP contribution in [-0.4, -0.2) is 82.6 Å². The summed E-state index contributed by atoms with van der Waals surface area (Å²) in [6.07, 6.45) is 4.05. The van der Waals surface area contributed by atoms with Crippen molar-refractivity contribution in [3.05, 3.63) is 83.9 Å². The fourth-order valence-corrected chi connectivity index (χ4v) is 6.29. The average Bonchev–Trinajstić information content (AvgIpc) is 3.16. The Morgan fingerprint density at radius 2 is 1.57 bits per heavy atom. The molecule has 0 aromatic heterocycles. The van der Waals surface area contributed by atoms with Crippen molar-refractivity contribution in [1.29, 1.82) is 0 Å². The molecule has 1 saturated heterocycles. The van der Waals surface area contributed by atoms with Crippen molar-refractivity contribution in [1.82, 2.24) is 4.90 Å². The number of carbonyl (C=O) groups is 3. The number of rotatable bonds is 18. The van der Waals surface area contributed by atoms with Gasteiger partial charge in [-0.15, -0.1) is 6.58 Å². The third-order valence-electron chi connectivity index (χ3n) is 8.84. The van der Waals surface area contributed by atoms with Gasteiger partial charge < -0.3 is 43.2 Å². The number of benzene rings is 3. The van der Waals surface area contributed by atoms with Crippen LogP contribution in [0.25, 0.3) is 0 Å². The molecule has 0 spiro atoms. The minimum Gasteiger partial charge on any atom is -0.493 e. The molecule has 1 amide bonds. The summed E-state index contributed by atoms with van der Waals surface area (Å²) in [7, 11) is 7.66. The number of esters is 1. The second-order valence-electron chi connectivity index (χ2n) is 12.0. The molecule has 1 fully saturated rings. The number of hydrogen-bond acceptors (Lipinski definition) is 10. The quantitative estimate of drug-likeness (QED) is 0.120. The Balaban J connectivity index is 1.63. The molecule has 0 unspecified atom stereocenters. The summed E-state index contributed by atoms with van der Waals surface area (Å²) in [4.78, 5) is 41.3. The molecule has 3 aromatic rings. The molecule has 1 N–H and O–H groups in total. The topological polar surface area (TPSA) is 139 Å². The highest BCUT2D eigenvalue weighted by Crippen LogP contribution is 2.42. The van der Waals surface area contributed by atoms with Crippen LogP contribution in [0.15, 0.2) is 67.3 Å². The van der Waals surface area contributed by atoms with E-state index >= 15 is 0 Å². The highest BCUT2D eigenvalue weighted by Gasteiger charge is 2.38.